The first-order valence-corrected chi connectivity index (χ1v) is 9.82. The minimum Gasteiger partial charge on any atom is -0.350 e. The maximum absolute atomic E-state index is 12.5. The van der Waals surface area contributed by atoms with Crippen LogP contribution in [0.2, 0.25) is 0 Å². The molecule has 9 heteroatoms. The number of hydrogen-bond donors (Lipinski definition) is 2. The van der Waals surface area contributed by atoms with Crippen LogP contribution in [0.15, 0.2) is 24.5 Å². The Bertz CT molecular complexity index is 861. The van der Waals surface area contributed by atoms with Crippen molar-refractivity contribution in [1.82, 2.24) is 15.2 Å². The lowest BCUT2D eigenvalue weighted by molar-refractivity contribution is -0.384. The van der Waals surface area contributed by atoms with Crippen LogP contribution in [0.1, 0.15) is 50.1 Å². The summed E-state index contributed by atoms with van der Waals surface area (Å²) in [7, 11) is 0. The zero-order chi connectivity index (χ0) is 19.5. The second kappa shape index (κ2) is 7.95. The number of hydrogen-bond acceptors (Lipinski definition) is 6. The molecular weight excluding hydrogens is 360 g/mol. The van der Waals surface area contributed by atoms with Crippen molar-refractivity contribution in [2.75, 3.05) is 23.3 Å². The Hall–Kier alpha value is -2.97. The molecule has 4 rings (SSSR count). The number of carbonyl (C=O) groups excluding carboxylic acids is 1. The Morgan fingerprint density at radius 1 is 1.29 bits per heavy atom. The van der Waals surface area contributed by atoms with Crippen LogP contribution in [0.5, 0.6) is 0 Å². The van der Waals surface area contributed by atoms with E-state index >= 15 is 0 Å². The highest BCUT2D eigenvalue weighted by atomic mass is 16.6. The standard InChI is InChI=1S/C19H24N6O3/c26-19(13-5-1-2-6-13)22-15-11-21-23-17(15)14-7-4-10-24(12-14)18-16(25(27)28)8-3-9-20-18/h3,8-9,11,13-14H,1-2,4-7,10,12H2,(H,21,23)(H,22,26). The SMILES string of the molecule is O=C(Nc1cn[nH]c1C1CCCN(c2ncccc2[N+](=O)[O-])C1)C1CCCC1. The molecule has 0 aromatic carbocycles. The van der Waals surface area contributed by atoms with E-state index in [0.29, 0.717) is 18.9 Å². The summed E-state index contributed by atoms with van der Waals surface area (Å²) in [5.74, 6) is 0.639. The molecule has 9 nitrogen and oxygen atoms in total. The van der Waals surface area contributed by atoms with Gasteiger partial charge >= 0.3 is 5.69 Å². The van der Waals surface area contributed by atoms with Crippen LogP contribution in [0, 0.1) is 16.0 Å². The molecule has 148 valence electrons. The second-order valence-corrected chi connectivity index (χ2v) is 7.56. The van der Waals surface area contributed by atoms with Gasteiger partial charge in [0.05, 0.1) is 22.5 Å². The number of nitrogens with one attached hydrogen (secondary N) is 2. The van der Waals surface area contributed by atoms with E-state index < -0.39 is 4.92 Å². The van der Waals surface area contributed by atoms with Gasteiger partial charge in [-0.15, -0.1) is 0 Å². The highest BCUT2D eigenvalue weighted by Crippen LogP contribution is 2.35. The van der Waals surface area contributed by atoms with Crippen LogP contribution >= 0.6 is 0 Å². The smallest absolute Gasteiger partial charge is 0.311 e. The number of pyridine rings is 1. The van der Waals surface area contributed by atoms with Gasteiger partial charge < -0.3 is 10.2 Å². The molecule has 2 aromatic heterocycles. The van der Waals surface area contributed by atoms with E-state index in [1.54, 1.807) is 18.5 Å². The first kappa shape index (κ1) is 18.4. The van der Waals surface area contributed by atoms with E-state index in [-0.39, 0.29) is 23.4 Å². The van der Waals surface area contributed by atoms with Crippen LogP contribution in [0.4, 0.5) is 17.2 Å². The molecule has 1 aliphatic carbocycles. The van der Waals surface area contributed by atoms with Gasteiger partial charge in [-0.25, -0.2) is 4.98 Å². The summed E-state index contributed by atoms with van der Waals surface area (Å²) in [6.45, 7) is 1.30. The van der Waals surface area contributed by atoms with Crippen LogP contribution < -0.4 is 10.2 Å². The van der Waals surface area contributed by atoms with Crippen molar-refractivity contribution < 1.29 is 9.72 Å². The number of amides is 1. The Balaban J connectivity index is 1.51. The molecule has 2 fully saturated rings. The first-order chi connectivity index (χ1) is 13.6. The van der Waals surface area contributed by atoms with E-state index in [4.69, 9.17) is 0 Å². The normalized spacial score (nSPS) is 20.3. The molecule has 1 unspecified atom stereocenters. The van der Waals surface area contributed by atoms with Crippen molar-refractivity contribution in [1.29, 1.82) is 0 Å². The molecule has 0 spiro atoms. The van der Waals surface area contributed by atoms with Crippen molar-refractivity contribution in [2.45, 2.75) is 44.4 Å². The van der Waals surface area contributed by atoms with Crippen molar-refractivity contribution in [2.24, 2.45) is 5.92 Å². The Morgan fingerprint density at radius 3 is 2.89 bits per heavy atom. The zero-order valence-electron chi connectivity index (χ0n) is 15.6. The molecule has 1 aliphatic heterocycles. The van der Waals surface area contributed by atoms with Gasteiger partial charge in [0.15, 0.2) is 0 Å². The summed E-state index contributed by atoms with van der Waals surface area (Å²) >= 11 is 0. The van der Waals surface area contributed by atoms with Gasteiger partial charge in [0.25, 0.3) is 0 Å². The van der Waals surface area contributed by atoms with Gasteiger partial charge in [-0.2, -0.15) is 5.10 Å². The zero-order valence-corrected chi connectivity index (χ0v) is 15.6. The number of H-pyrrole nitrogens is 1. The molecule has 1 atom stereocenters. The van der Waals surface area contributed by atoms with Crippen LogP contribution in [-0.2, 0) is 4.79 Å². The predicted octanol–water partition coefficient (Wildman–Crippen LogP) is 3.23. The maximum atomic E-state index is 12.5. The fourth-order valence-corrected chi connectivity index (χ4v) is 4.31. The van der Waals surface area contributed by atoms with Gasteiger partial charge in [0, 0.05) is 37.2 Å². The lowest BCUT2D eigenvalue weighted by Crippen LogP contribution is -2.35. The van der Waals surface area contributed by atoms with Crippen molar-refractivity contribution in [3.05, 3.63) is 40.3 Å². The number of nitrogens with zero attached hydrogens (tertiary/aromatic N) is 4. The molecule has 1 saturated heterocycles. The van der Waals surface area contributed by atoms with Gasteiger partial charge in [0.1, 0.15) is 0 Å². The number of piperidine rings is 1. The van der Waals surface area contributed by atoms with E-state index in [2.05, 4.69) is 20.5 Å². The van der Waals surface area contributed by atoms with E-state index in [1.807, 2.05) is 4.90 Å². The minimum atomic E-state index is -0.393. The molecule has 2 N–H and O–H groups in total. The number of aromatic nitrogens is 3. The number of aromatic amines is 1. The lowest BCUT2D eigenvalue weighted by Gasteiger charge is -2.33. The lowest BCUT2D eigenvalue weighted by atomic mass is 9.93. The van der Waals surface area contributed by atoms with Crippen LogP contribution in [-0.4, -0.2) is 39.1 Å². The van der Waals surface area contributed by atoms with Crippen LogP contribution in [0.25, 0.3) is 0 Å². The number of rotatable bonds is 5. The number of anilines is 2. The molecule has 3 heterocycles. The fourth-order valence-electron chi connectivity index (χ4n) is 4.31. The minimum absolute atomic E-state index is 0.0162. The molecule has 2 aliphatic rings. The Kier molecular flexibility index (Phi) is 5.23. The summed E-state index contributed by atoms with van der Waals surface area (Å²) in [6.07, 6.45) is 9.14. The first-order valence-electron chi connectivity index (χ1n) is 9.82. The number of nitro groups is 1. The largest absolute Gasteiger partial charge is 0.350 e. The summed E-state index contributed by atoms with van der Waals surface area (Å²) < 4.78 is 0. The van der Waals surface area contributed by atoms with Crippen molar-refractivity contribution in [3.63, 3.8) is 0 Å². The fraction of sp³-hybridized carbons (Fsp3) is 0.526. The Labute approximate surface area is 162 Å². The molecule has 0 bridgehead atoms. The third-order valence-corrected chi connectivity index (χ3v) is 5.74. The van der Waals surface area contributed by atoms with E-state index in [9.17, 15) is 14.9 Å². The van der Waals surface area contributed by atoms with E-state index in [1.165, 1.54) is 6.07 Å². The van der Waals surface area contributed by atoms with Gasteiger partial charge in [-0.3, -0.25) is 20.0 Å². The predicted molar refractivity (Wildman–Crippen MR) is 104 cm³/mol. The summed E-state index contributed by atoms with van der Waals surface area (Å²) in [4.78, 5) is 29.7. The quantitative estimate of drug-likeness (QED) is 0.604. The average molecular weight is 384 g/mol. The molecular formula is C19H24N6O3. The third-order valence-electron chi connectivity index (χ3n) is 5.74. The van der Waals surface area contributed by atoms with Crippen molar-refractivity contribution >= 4 is 23.1 Å². The number of carbonyl (C=O) groups is 1. The van der Waals surface area contributed by atoms with E-state index in [0.717, 1.165) is 49.9 Å². The average Bonchev–Trinajstić information content (AvgIpc) is 3.40. The topological polar surface area (TPSA) is 117 Å². The second-order valence-electron chi connectivity index (χ2n) is 7.56. The van der Waals surface area contributed by atoms with Gasteiger partial charge in [-0.05, 0) is 31.7 Å². The summed E-state index contributed by atoms with van der Waals surface area (Å²) in [6, 6.07) is 3.06. The maximum Gasteiger partial charge on any atom is 0.311 e. The molecule has 28 heavy (non-hydrogen) atoms. The summed E-state index contributed by atoms with van der Waals surface area (Å²) in [5, 5.41) is 21.6. The third kappa shape index (κ3) is 3.69. The van der Waals surface area contributed by atoms with Gasteiger partial charge in [-0.1, -0.05) is 12.8 Å². The summed E-state index contributed by atoms with van der Waals surface area (Å²) in [5.41, 5.74) is 1.62. The van der Waals surface area contributed by atoms with Crippen LogP contribution in [0.3, 0.4) is 0 Å². The molecule has 1 saturated carbocycles. The van der Waals surface area contributed by atoms with Gasteiger partial charge in [0.2, 0.25) is 11.7 Å². The highest BCUT2D eigenvalue weighted by Gasteiger charge is 2.30. The Morgan fingerprint density at radius 2 is 2.11 bits per heavy atom. The monoisotopic (exact) mass is 384 g/mol. The molecule has 0 radical (unpaired) electrons. The molecule has 2 aromatic rings. The molecule has 1 amide bonds. The highest BCUT2D eigenvalue weighted by molar-refractivity contribution is 5.93. The van der Waals surface area contributed by atoms with Crippen molar-refractivity contribution in [3.8, 4) is 0 Å².